The standard InChI is InChI=1S/C39H53N9O3/c1-3-39(50)44-33-24-34(43-38(45-41)26-37(40)42-32(16-23-49)31-13-6-9-27-8-4-5-12-30(27)31)36(51-2)25-35(33)48-17-14-29(15-18-48)47-21-19-46(20-22-47)28-10-7-11-28/h3-6,8-9,12-13,24-26,28-29,32,43,45,49H,1,7,10-11,14-23,41H2,2H3,(H2,40,42)(H,44,50)/b38-26-/t32-/m1/s1. The Bertz CT molecular complexity index is 1720. The Kier molecular flexibility index (Phi) is 12.1. The van der Waals surface area contributed by atoms with Gasteiger partial charge in [-0.05, 0) is 60.6 Å². The number of hydrazine groups is 1. The van der Waals surface area contributed by atoms with Gasteiger partial charge in [-0.2, -0.15) is 0 Å². The summed E-state index contributed by atoms with van der Waals surface area (Å²) in [4.78, 5) is 25.1. The number of nitrogens with zero attached hydrogens (tertiary/aromatic N) is 4. The highest BCUT2D eigenvalue weighted by Gasteiger charge is 2.32. The van der Waals surface area contributed by atoms with Gasteiger partial charge in [0.05, 0.1) is 30.2 Å². The Hall–Kier alpha value is -4.62. The van der Waals surface area contributed by atoms with E-state index in [1.54, 1.807) is 13.2 Å². The summed E-state index contributed by atoms with van der Waals surface area (Å²) in [7, 11) is 1.61. The minimum atomic E-state index is -0.369. The molecule has 0 radical (unpaired) electrons. The second kappa shape index (κ2) is 17.1. The summed E-state index contributed by atoms with van der Waals surface area (Å²) >= 11 is 0. The van der Waals surface area contributed by atoms with Gasteiger partial charge in [0.2, 0.25) is 5.91 Å². The van der Waals surface area contributed by atoms with Crippen molar-refractivity contribution >= 4 is 39.6 Å². The number of aliphatic hydroxyl groups excluding tert-OH is 1. The number of amidine groups is 1. The van der Waals surface area contributed by atoms with Crippen LogP contribution in [0.5, 0.6) is 5.75 Å². The molecule has 2 aliphatic heterocycles. The van der Waals surface area contributed by atoms with Crippen LogP contribution in [0.1, 0.15) is 50.1 Å². The van der Waals surface area contributed by atoms with Gasteiger partial charge >= 0.3 is 0 Å². The van der Waals surface area contributed by atoms with Gasteiger partial charge in [0.1, 0.15) is 17.4 Å². The maximum Gasteiger partial charge on any atom is 0.247 e. The van der Waals surface area contributed by atoms with Gasteiger partial charge in [0, 0.05) is 70.1 Å². The number of rotatable bonds is 14. The smallest absolute Gasteiger partial charge is 0.247 e. The molecule has 12 heteroatoms. The van der Waals surface area contributed by atoms with E-state index in [9.17, 15) is 9.90 Å². The van der Waals surface area contributed by atoms with Crippen molar-refractivity contribution in [1.29, 1.82) is 0 Å². The average molecular weight is 696 g/mol. The summed E-state index contributed by atoms with van der Waals surface area (Å²) in [5.74, 6) is 6.80. The SMILES string of the molecule is C=CC(=O)Nc1cc(N/C(=C/C(N)=N[C@H](CCO)c2cccc3ccccc23)NN)c(OC)cc1N1CCC(N2CCN(C3CCC3)CC2)CC1. The van der Waals surface area contributed by atoms with Crippen LogP contribution in [0.3, 0.4) is 0 Å². The van der Waals surface area contributed by atoms with Crippen LogP contribution >= 0.6 is 0 Å². The van der Waals surface area contributed by atoms with Crippen molar-refractivity contribution in [2.75, 3.05) is 68.5 Å². The zero-order valence-electron chi connectivity index (χ0n) is 29.7. The van der Waals surface area contributed by atoms with Crippen molar-refractivity contribution in [1.82, 2.24) is 15.2 Å². The van der Waals surface area contributed by atoms with E-state index in [0.717, 1.165) is 67.1 Å². The van der Waals surface area contributed by atoms with E-state index in [-0.39, 0.29) is 24.4 Å². The molecule has 0 unspecified atom stereocenters. The number of hydrogen-bond acceptors (Lipinski definition) is 10. The van der Waals surface area contributed by atoms with Crippen molar-refractivity contribution in [2.45, 2.75) is 56.7 Å². The molecule has 0 bridgehead atoms. The van der Waals surface area contributed by atoms with Crippen molar-refractivity contribution < 1.29 is 14.6 Å². The molecule has 1 atom stereocenters. The first-order valence-electron chi connectivity index (χ1n) is 18.2. The van der Waals surface area contributed by atoms with Gasteiger partial charge < -0.3 is 36.5 Å². The number of piperidine rings is 1. The Labute approximate surface area is 301 Å². The Morgan fingerprint density at radius 1 is 0.980 bits per heavy atom. The lowest BCUT2D eigenvalue weighted by molar-refractivity contribution is -0.111. The molecular formula is C39H53N9O3. The second-order valence-electron chi connectivity index (χ2n) is 13.6. The number of benzene rings is 3. The number of anilines is 3. The van der Waals surface area contributed by atoms with Gasteiger partial charge in [-0.1, -0.05) is 55.5 Å². The van der Waals surface area contributed by atoms with Gasteiger partial charge in [-0.25, -0.2) is 5.84 Å². The summed E-state index contributed by atoms with van der Waals surface area (Å²) in [6.07, 6.45) is 9.48. The van der Waals surface area contributed by atoms with Crippen LogP contribution in [-0.4, -0.2) is 91.7 Å². The van der Waals surface area contributed by atoms with Crippen molar-refractivity contribution in [3.05, 3.63) is 84.7 Å². The van der Waals surface area contributed by atoms with Crippen LogP contribution in [0.15, 0.2) is 84.1 Å². The highest BCUT2D eigenvalue weighted by Crippen LogP contribution is 2.39. The molecule has 3 aliphatic rings. The number of carbonyl (C=O) groups excluding carboxylic acids is 1. The fourth-order valence-corrected chi connectivity index (χ4v) is 7.65. The highest BCUT2D eigenvalue weighted by molar-refractivity contribution is 6.02. The van der Waals surface area contributed by atoms with E-state index < -0.39 is 0 Å². The van der Waals surface area contributed by atoms with E-state index in [4.69, 9.17) is 21.3 Å². The first-order chi connectivity index (χ1) is 24.9. The van der Waals surface area contributed by atoms with Gasteiger partial charge in [-0.15, -0.1) is 0 Å². The van der Waals surface area contributed by atoms with Crippen molar-refractivity contribution in [3.8, 4) is 5.75 Å². The predicted octanol–water partition coefficient (Wildman–Crippen LogP) is 4.31. The van der Waals surface area contributed by atoms with Crippen LogP contribution < -0.4 is 37.3 Å². The first kappa shape index (κ1) is 36.2. The molecule has 12 nitrogen and oxygen atoms in total. The van der Waals surface area contributed by atoms with Crippen LogP contribution in [0.25, 0.3) is 10.8 Å². The second-order valence-corrected chi connectivity index (χ2v) is 13.6. The summed E-state index contributed by atoms with van der Waals surface area (Å²) in [5.41, 5.74) is 12.2. The number of fused-ring (bicyclic) bond motifs is 1. The maximum atomic E-state index is 12.6. The number of carbonyl (C=O) groups is 1. The Balaban J connectivity index is 1.19. The van der Waals surface area contributed by atoms with Gasteiger partial charge in [0.15, 0.2) is 0 Å². The van der Waals surface area contributed by atoms with Gasteiger partial charge in [-0.3, -0.25) is 19.6 Å². The molecule has 1 amide bonds. The summed E-state index contributed by atoms with van der Waals surface area (Å²) < 4.78 is 5.85. The number of piperazine rings is 1. The third kappa shape index (κ3) is 8.65. The third-order valence-corrected chi connectivity index (χ3v) is 10.6. The van der Waals surface area contributed by atoms with Gasteiger partial charge in [0.25, 0.3) is 0 Å². The number of nitrogens with two attached hydrogens (primary N) is 2. The molecule has 1 aliphatic carbocycles. The third-order valence-electron chi connectivity index (χ3n) is 10.6. The molecule has 1 saturated carbocycles. The minimum Gasteiger partial charge on any atom is -0.494 e. The molecule has 3 aromatic carbocycles. The van der Waals surface area contributed by atoms with Crippen LogP contribution in [-0.2, 0) is 4.79 Å². The zero-order valence-corrected chi connectivity index (χ0v) is 29.7. The van der Waals surface area contributed by atoms with Crippen molar-refractivity contribution in [3.63, 3.8) is 0 Å². The zero-order chi connectivity index (χ0) is 35.7. The van der Waals surface area contributed by atoms with Crippen LogP contribution in [0.4, 0.5) is 17.1 Å². The molecule has 0 spiro atoms. The van der Waals surface area contributed by atoms with Crippen LogP contribution in [0.2, 0.25) is 0 Å². The minimum absolute atomic E-state index is 0.0492. The average Bonchev–Trinajstić information content (AvgIpc) is 3.14. The predicted molar refractivity (Wildman–Crippen MR) is 207 cm³/mol. The quantitative estimate of drug-likeness (QED) is 0.0473. The topological polar surface area (TPSA) is 157 Å². The number of nitrogens with one attached hydrogen (secondary N) is 3. The molecule has 6 rings (SSSR count). The monoisotopic (exact) mass is 695 g/mol. The number of hydrogen-bond donors (Lipinski definition) is 6. The summed E-state index contributed by atoms with van der Waals surface area (Å²) in [5, 5.41) is 18.3. The molecule has 0 aromatic heterocycles. The largest absolute Gasteiger partial charge is 0.494 e. The van der Waals surface area contributed by atoms with E-state index >= 15 is 0 Å². The van der Waals surface area contributed by atoms with Crippen LogP contribution in [0, 0.1) is 0 Å². The molecule has 2 saturated heterocycles. The molecule has 3 aromatic rings. The number of aliphatic imine (C=N–C) groups is 1. The summed E-state index contributed by atoms with van der Waals surface area (Å²) in [6, 6.07) is 18.9. The highest BCUT2D eigenvalue weighted by atomic mass is 16.5. The first-order valence-corrected chi connectivity index (χ1v) is 18.2. The number of amides is 1. The number of ether oxygens (including phenoxy) is 1. The fourth-order valence-electron chi connectivity index (χ4n) is 7.65. The fraction of sp³-hybridized carbons (Fsp3) is 0.436. The maximum absolute atomic E-state index is 12.6. The summed E-state index contributed by atoms with van der Waals surface area (Å²) in [6.45, 7) is 9.98. The number of aliphatic hydroxyl groups is 1. The molecule has 8 N–H and O–H groups in total. The van der Waals surface area contributed by atoms with E-state index in [1.165, 1.54) is 38.4 Å². The van der Waals surface area contributed by atoms with E-state index in [2.05, 4.69) is 37.3 Å². The Morgan fingerprint density at radius 2 is 1.67 bits per heavy atom. The van der Waals surface area contributed by atoms with E-state index in [0.29, 0.717) is 35.4 Å². The molecule has 272 valence electrons. The molecule has 51 heavy (non-hydrogen) atoms. The van der Waals surface area contributed by atoms with Crippen molar-refractivity contribution in [2.24, 2.45) is 16.6 Å². The normalized spacial score (nSPS) is 19.0. The number of methoxy groups -OCH3 is 1. The molecule has 2 heterocycles. The lowest BCUT2D eigenvalue weighted by Gasteiger charge is -2.46. The molecular weight excluding hydrogens is 642 g/mol. The Morgan fingerprint density at radius 3 is 2.29 bits per heavy atom. The molecule has 3 fully saturated rings. The lowest BCUT2D eigenvalue weighted by Crippen LogP contribution is -2.56. The lowest BCUT2D eigenvalue weighted by atomic mass is 9.91. The van der Waals surface area contributed by atoms with E-state index in [1.807, 2.05) is 54.6 Å².